The molecule has 0 spiro atoms. The van der Waals surface area contributed by atoms with Crippen LogP contribution in [-0.2, 0) is 6.54 Å². The van der Waals surface area contributed by atoms with E-state index in [1.165, 1.54) is 0 Å². The van der Waals surface area contributed by atoms with E-state index in [2.05, 4.69) is 21.9 Å². The number of fused-ring (bicyclic) bond motifs is 1. The lowest BCUT2D eigenvalue weighted by Gasteiger charge is -2.11. The maximum atomic E-state index is 12.5. The highest BCUT2D eigenvalue weighted by molar-refractivity contribution is 5.96. The first-order chi connectivity index (χ1) is 12.0. The number of aromatic nitrogens is 2. The molecule has 0 bridgehead atoms. The maximum absolute atomic E-state index is 12.5. The summed E-state index contributed by atoms with van der Waals surface area (Å²) in [4.78, 5) is 29.2. The predicted molar refractivity (Wildman–Crippen MR) is 96.8 cm³/mol. The number of carbonyl (C=O) groups excluding carboxylic acids is 1. The van der Waals surface area contributed by atoms with Crippen LogP contribution in [0.1, 0.15) is 22.8 Å². The number of para-hydroxylation sites is 1. The van der Waals surface area contributed by atoms with Crippen molar-refractivity contribution < 1.29 is 9.53 Å². The molecule has 1 heterocycles. The number of imidazole rings is 1. The molecule has 3 N–H and O–H groups in total. The molecule has 0 saturated heterocycles. The van der Waals surface area contributed by atoms with Crippen molar-refractivity contribution in [2.24, 2.45) is 0 Å². The second kappa shape index (κ2) is 7.09. The normalized spacial score (nSPS) is 10.6. The van der Waals surface area contributed by atoms with Crippen molar-refractivity contribution in [3.8, 4) is 5.75 Å². The van der Waals surface area contributed by atoms with Gasteiger partial charge in [0.15, 0.2) is 0 Å². The monoisotopic (exact) mass is 337 g/mol. The number of hydrogen-bond donors (Lipinski definition) is 3. The van der Waals surface area contributed by atoms with Crippen molar-refractivity contribution in [3.05, 3.63) is 76.2 Å². The predicted octanol–water partition coefficient (Wildman–Crippen LogP) is 2.74. The summed E-state index contributed by atoms with van der Waals surface area (Å²) in [5.41, 5.74) is 3.43. The van der Waals surface area contributed by atoms with Crippen LogP contribution in [0.15, 0.2) is 59.4 Å². The molecule has 2 aromatic carbocycles. The molecule has 0 unspecified atom stereocenters. The second-order valence-electron chi connectivity index (χ2n) is 5.88. The van der Waals surface area contributed by atoms with Gasteiger partial charge in [-0.25, -0.2) is 4.79 Å². The van der Waals surface area contributed by atoms with Gasteiger partial charge < -0.3 is 20.0 Å². The van der Waals surface area contributed by atoms with Gasteiger partial charge in [0.2, 0.25) is 0 Å². The highest BCUT2D eigenvalue weighted by Gasteiger charge is 2.12. The van der Waals surface area contributed by atoms with Crippen molar-refractivity contribution in [2.45, 2.75) is 13.5 Å². The van der Waals surface area contributed by atoms with E-state index in [1.54, 1.807) is 24.3 Å². The topological polar surface area (TPSA) is 87.0 Å². The Morgan fingerprint density at radius 2 is 1.92 bits per heavy atom. The quantitative estimate of drug-likeness (QED) is 0.605. The summed E-state index contributed by atoms with van der Waals surface area (Å²) in [6, 6.07) is 12.6. The smallest absolute Gasteiger partial charge is 0.323 e. The molecule has 0 atom stereocenters. The van der Waals surface area contributed by atoms with Crippen LogP contribution >= 0.6 is 0 Å². The molecule has 1 amide bonds. The van der Waals surface area contributed by atoms with Crippen molar-refractivity contribution in [3.63, 3.8) is 0 Å². The van der Waals surface area contributed by atoms with E-state index in [0.717, 1.165) is 16.7 Å². The number of H-pyrrole nitrogens is 2. The molecule has 3 aromatic rings. The van der Waals surface area contributed by atoms with E-state index < -0.39 is 0 Å². The van der Waals surface area contributed by atoms with Crippen molar-refractivity contribution >= 4 is 16.9 Å². The molecule has 3 rings (SSSR count). The molecule has 0 aliphatic heterocycles. The van der Waals surface area contributed by atoms with Crippen molar-refractivity contribution in [1.29, 1.82) is 0 Å². The number of rotatable bonds is 6. The van der Waals surface area contributed by atoms with Gasteiger partial charge in [-0.3, -0.25) is 4.79 Å². The number of nitrogens with one attached hydrogen (secondary N) is 3. The first-order valence-electron chi connectivity index (χ1n) is 7.88. The van der Waals surface area contributed by atoms with Gasteiger partial charge in [0.1, 0.15) is 12.4 Å². The summed E-state index contributed by atoms with van der Waals surface area (Å²) in [5, 5.41) is 2.87. The van der Waals surface area contributed by atoms with E-state index in [-0.39, 0.29) is 11.6 Å². The van der Waals surface area contributed by atoms with Crippen LogP contribution in [0.4, 0.5) is 0 Å². The Labute approximate surface area is 144 Å². The number of benzene rings is 2. The Morgan fingerprint density at radius 3 is 2.72 bits per heavy atom. The van der Waals surface area contributed by atoms with Gasteiger partial charge in [-0.1, -0.05) is 24.8 Å². The van der Waals surface area contributed by atoms with Crippen LogP contribution in [0.5, 0.6) is 5.75 Å². The van der Waals surface area contributed by atoms with Crippen molar-refractivity contribution in [2.75, 3.05) is 6.61 Å². The zero-order valence-corrected chi connectivity index (χ0v) is 13.9. The summed E-state index contributed by atoms with van der Waals surface area (Å²) >= 11 is 0. The molecule has 25 heavy (non-hydrogen) atoms. The minimum absolute atomic E-state index is 0.222. The van der Waals surface area contributed by atoms with Crippen molar-refractivity contribution in [1.82, 2.24) is 15.3 Å². The summed E-state index contributed by atoms with van der Waals surface area (Å²) in [7, 11) is 0. The Hall–Kier alpha value is -3.28. The second-order valence-corrected chi connectivity index (χ2v) is 5.88. The molecular weight excluding hydrogens is 318 g/mol. The molecule has 6 heteroatoms. The Morgan fingerprint density at radius 1 is 1.16 bits per heavy atom. The van der Waals surface area contributed by atoms with E-state index >= 15 is 0 Å². The van der Waals surface area contributed by atoms with Gasteiger partial charge >= 0.3 is 5.69 Å². The SMILES string of the molecule is C=C(C)COc1ccccc1C(=O)NCc1ccc2[nH]c(=O)[nH]c2c1. The zero-order chi connectivity index (χ0) is 17.8. The van der Waals surface area contributed by atoms with Crippen LogP contribution in [-0.4, -0.2) is 22.5 Å². The van der Waals surface area contributed by atoms with Gasteiger partial charge in [0, 0.05) is 6.54 Å². The van der Waals surface area contributed by atoms with Crippen LogP contribution in [0.25, 0.3) is 11.0 Å². The van der Waals surface area contributed by atoms with Gasteiger partial charge in [0.05, 0.1) is 16.6 Å². The molecule has 0 fully saturated rings. The fourth-order valence-electron chi connectivity index (χ4n) is 2.45. The van der Waals surface area contributed by atoms with E-state index in [9.17, 15) is 9.59 Å². The summed E-state index contributed by atoms with van der Waals surface area (Å²) in [6.07, 6.45) is 0. The average molecular weight is 337 g/mol. The van der Waals surface area contributed by atoms with Gasteiger partial charge in [-0.2, -0.15) is 0 Å². The van der Waals surface area contributed by atoms with Crippen LogP contribution in [0.3, 0.4) is 0 Å². The summed E-state index contributed by atoms with van der Waals surface area (Å²) < 4.78 is 5.63. The molecule has 0 aliphatic rings. The first-order valence-corrected chi connectivity index (χ1v) is 7.88. The Balaban J connectivity index is 1.71. The van der Waals surface area contributed by atoms with E-state index in [4.69, 9.17) is 4.74 Å². The highest BCUT2D eigenvalue weighted by atomic mass is 16.5. The Bertz CT molecular complexity index is 985. The minimum atomic E-state index is -0.250. The average Bonchev–Trinajstić information content (AvgIpc) is 2.97. The minimum Gasteiger partial charge on any atom is -0.488 e. The lowest BCUT2D eigenvalue weighted by Crippen LogP contribution is -2.23. The van der Waals surface area contributed by atoms with Crippen LogP contribution in [0.2, 0.25) is 0 Å². The lowest BCUT2D eigenvalue weighted by atomic mass is 10.1. The number of amides is 1. The molecular formula is C19H19N3O3. The largest absolute Gasteiger partial charge is 0.488 e. The first kappa shape index (κ1) is 16.6. The third-order valence-electron chi connectivity index (χ3n) is 3.64. The molecule has 1 aromatic heterocycles. The van der Waals surface area contributed by atoms with Gasteiger partial charge in [-0.05, 0) is 42.3 Å². The number of hydrogen-bond acceptors (Lipinski definition) is 3. The van der Waals surface area contributed by atoms with Gasteiger partial charge in [0.25, 0.3) is 5.91 Å². The zero-order valence-electron chi connectivity index (χ0n) is 13.9. The highest BCUT2D eigenvalue weighted by Crippen LogP contribution is 2.19. The fourth-order valence-corrected chi connectivity index (χ4v) is 2.45. The Kier molecular flexibility index (Phi) is 4.70. The molecule has 128 valence electrons. The number of aromatic amines is 2. The summed E-state index contributed by atoms with van der Waals surface area (Å²) in [6.45, 7) is 6.37. The standard InChI is InChI=1S/C19H19N3O3/c1-12(2)11-25-17-6-4-3-5-14(17)18(23)20-10-13-7-8-15-16(9-13)22-19(24)21-15/h3-9H,1,10-11H2,2H3,(H,20,23)(H2,21,22,24). The molecule has 6 nitrogen and oxygen atoms in total. The molecule has 0 saturated carbocycles. The molecule has 0 aliphatic carbocycles. The van der Waals surface area contributed by atoms with Crippen LogP contribution < -0.4 is 15.7 Å². The number of ether oxygens (including phenoxy) is 1. The fraction of sp³-hybridized carbons (Fsp3) is 0.158. The van der Waals surface area contributed by atoms with E-state index in [0.29, 0.717) is 30.0 Å². The van der Waals surface area contributed by atoms with Crippen LogP contribution in [0, 0.1) is 0 Å². The van der Waals surface area contributed by atoms with E-state index in [1.807, 2.05) is 25.1 Å². The molecule has 0 radical (unpaired) electrons. The summed E-state index contributed by atoms with van der Waals surface area (Å²) in [5.74, 6) is 0.299. The third-order valence-corrected chi connectivity index (χ3v) is 3.64. The maximum Gasteiger partial charge on any atom is 0.323 e. The lowest BCUT2D eigenvalue weighted by molar-refractivity contribution is 0.0947. The third kappa shape index (κ3) is 3.98. The van der Waals surface area contributed by atoms with Gasteiger partial charge in [-0.15, -0.1) is 0 Å². The number of carbonyl (C=O) groups is 1.